The van der Waals surface area contributed by atoms with Crippen molar-refractivity contribution >= 4 is 23.1 Å². The van der Waals surface area contributed by atoms with E-state index in [4.69, 9.17) is 27.9 Å². The molecule has 0 N–H and O–H groups in total. The molecule has 37 heavy (non-hydrogen) atoms. The number of hydrogen-bond acceptors (Lipinski definition) is 6. The van der Waals surface area contributed by atoms with Crippen LogP contribution in [0.3, 0.4) is 0 Å². The molecular weight excluding hydrogens is 645 g/mol. The molecule has 4 fully saturated rings. The largest absolute Gasteiger partial charge is 0.488 e. The van der Waals surface area contributed by atoms with Crippen LogP contribution >= 0.6 is 0 Å². The fraction of sp³-hybridized carbons (Fsp3) is 0.778. The van der Waals surface area contributed by atoms with Crippen molar-refractivity contribution in [3.63, 3.8) is 0 Å². The van der Waals surface area contributed by atoms with Crippen LogP contribution in [0, 0.1) is 37.0 Å². The maximum absolute atomic E-state index is 5.21. The zero-order valence-electron chi connectivity index (χ0n) is 25.7. The number of rotatable bonds is 0. The van der Waals surface area contributed by atoms with E-state index >= 15 is 0 Å². The van der Waals surface area contributed by atoms with Crippen LogP contribution in [0.5, 0.6) is 0 Å². The van der Waals surface area contributed by atoms with Crippen molar-refractivity contribution < 1.29 is 48.0 Å². The van der Waals surface area contributed by atoms with Crippen LogP contribution in [0.2, 0.25) is 0 Å². The van der Waals surface area contributed by atoms with Crippen molar-refractivity contribution in [2.24, 2.45) is 0 Å². The molecule has 3 saturated heterocycles. The average Bonchev–Trinajstić information content (AvgIpc) is 3.16. The van der Waals surface area contributed by atoms with Crippen LogP contribution in [0.4, 0.5) is 0 Å². The first-order chi connectivity index (χ1) is 16.1. The Morgan fingerprint density at radius 1 is 0.378 bits per heavy atom. The molecule has 0 aromatic carbocycles. The first kappa shape index (κ1) is 37.6. The molecule has 3 aliphatic heterocycles. The third-order valence-electron chi connectivity index (χ3n) is 7.77. The average molecular weight is 693 g/mol. The molecular formula is C27H48B3IrO6. The van der Waals surface area contributed by atoms with Crippen LogP contribution in [-0.2, 0) is 48.0 Å². The van der Waals surface area contributed by atoms with Gasteiger partial charge in [0.25, 0.3) is 0 Å². The molecule has 210 valence electrons. The summed E-state index contributed by atoms with van der Waals surface area (Å²) in [5, 5.41) is 0. The van der Waals surface area contributed by atoms with Gasteiger partial charge in [0.15, 0.2) is 0 Å². The van der Waals surface area contributed by atoms with E-state index in [1.165, 1.54) is 40.8 Å². The Morgan fingerprint density at radius 3 is 0.595 bits per heavy atom. The van der Waals surface area contributed by atoms with E-state index in [0.29, 0.717) is 0 Å². The minimum atomic E-state index is -0.188. The maximum Gasteiger partial charge on any atom is 0.488 e. The van der Waals surface area contributed by atoms with E-state index in [-0.39, 0.29) is 53.7 Å². The Hall–Kier alpha value is 0.604. The second kappa shape index (κ2) is 14.0. The Bertz CT molecular complexity index is 547. The van der Waals surface area contributed by atoms with E-state index in [2.05, 4.69) is 40.0 Å². The molecule has 4 aliphatic rings. The van der Waals surface area contributed by atoms with Gasteiger partial charge in [-0.25, -0.2) is 0 Å². The zero-order chi connectivity index (χ0) is 28.2. The van der Waals surface area contributed by atoms with Crippen LogP contribution in [0.25, 0.3) is 0 Å². The summed E-state index contributed by atoms with van der Waals surface area (Å²) in [6.45, 7) is 30.5. The second-order valence-corrected chi connectivity index (χ2v) is 12.7. The summed E-state index contributed by atoms with van der Waals surface area (Å²) in [4.78, 5) is 0. The summed E-state index contributed by atoms with van der Waals surface area (Å²) >= 11 is 0. The molecule has 0 amide bonds. The zero-order valence-corrected chi connectivity index (χ0v) is 28.1. The maximum atomic E-state index is 5.21. The van der Waals surface area contributed by atoms with Crippen molar-refractivity contribution in [1.82, 2.24) is 0 Å². The summed E-state index contributed by atoms with van der Waals surface area (Å²) in [7, 11) is 4.25. The minimum Gasteiger partial charge on any atom is -0.405 e. The van der Waals surface area contributed by atoms with Crippen LogP contribution < -0.4 is 0 Å². The van der Waals surface area contributed by atoms with Crippen molar-refractivity contribution in [3.8, 4) is 0 Å². The molecule has 0 bridgehead atoms. The summed E-state index contributed by atoms with van der Waals surface area (Å²) < 4.78 is 31.2. The molecule has 10 radical (unpaired) electrons. The number of hydrogen-bond donors (Lipinski definition) is 0. The topological polar surface area (TPSA) is 55.4 Å². The molecule has 0 aromatic rings. The standard InChI is InChI=1S/C9H12.3C6H12BO2.Ir/c1-7-4-8(2)6-9(3)5-7;3*1-5(2)6(3,4)9-7-8-5;/h4-6H,1-3H3;3*1-4H3;. The quantitative estimate of drug-likeness (QED) is 0.301. The predicted molar refractivity (Wildman–Crippen MR) is 148 cm³/mol. The molecule has 10 heteroatoms. The smallest absolute Gasteiger partial charge is 0.405 e. The van der Waals surface area contributed by atoms with Gasteiger partial charge in [-0.2, -0.15) is 0 Å². The van der Waals surface area contributed by atoms with Gasteiger partial charge in [-0.05, 0) is 120 Å². The molecule has 6 nitrogen and oxygen atoms in total. The van der Waals surface area contributed by atoms with Crippen molar-refractivity contribution in [3.05, 3.63) is 37.0 Å². The molecule has 0 unspecified atom stereocenters. The molecule has 4 rings (SSSR count). The van der Waals surface area contributed by atoms with E-state index < -0.39 is 0 Å². The third-order valence-corrected chi connectivity index (χ3v) is 7.77. The van der Waals surface area contributed by atoms with Gasteiger partial charge in [-0.1, -0.05) is 20.8 Å². The van der Waals surface area contributed by atoms with Gasteiger partial charge in [0.05, 0.1) is 33.6 Å². The Morgan fingerprint density at radius 2 is 0.514 bits per heavy atom. The van der Waals surface area contributed by atoms with E-state index in [9.17, 15) is 0 Å². The molecule has 1 saturated carbocycles. The predicted octanol–water partition coefficient (Wildman–Crippen LogP) is 5.77. The van der Waals surface area contributed by atoms with Crippen molar-refractivity contribution in [2.45, 2.75) is 137 Å². The van der Waals surface area contributed by atoms with Crippen LogP contribution in [0.15, 0.2) is 0 Å². The van der Waals surface area contributed by atoms with Gasteiger partial charge < -0.3 is 27.9 Å². The van der Waals surface area contributed by atoms with Crippen LogP contribution in [0.1, 0.15) is 104 Å². The first-order valence-electron chi connectivity index (χ1n) is 12.6. The molecule has 0 spiro atoms. The SMILES string of the molecule is CC1(C)O[B]OC1(C)C.CC1(C)O[B]OC1(C)C.CC1(C)O[B]OC1(C)C.C[C]1[CH][C](C)[CH][C](C)[CH]1.[Ir]. The summed E-state index contributed by atoms with van der Waals surface area (Å²) in [5.74, 6) is 4.06. The van der Waals surface area contributed by atoms with Gasteiger partial charge in [-0.15, -0.1) is 0 Å². The van der Waals surface area contributed by atoms with Gasteiger partial charge in [-0.3, -0.25) is 0 Å². The molecule has 1 aliphatic carbocycles. The Balaban J connectivity index is 0.000000463. The van der Waals surface area contributed by atoms with Crippen LogP contribution in [-0.4, -0.2) is 56.7 Å². The summed E-state index contributed by atoms with van der Waals surface area (Å²) in [6, 6.07) is 0. The fourth-order valence-electron chi connectivity index (χ4n) is 2.85. The first-order valence-corrected chi connectivity index (χ1v) is 12.6. The summed E-state index contributed by atoms with van der Waals surface area (Å²) in [6.07, 6.45) is 6.56. The molecule has 0 aromatic heterocycles. The van der Waals surface area contributed by atoms with E-state index in [0.717, 1.165) is 0 Å². The van der Waals surface area contributed by atoms with Gasteiger partial charge in [0, 0.05) is 20.1 Å². The van der Waals surface area contributed by atoms with Gasteiger partial charge in [0.2, 0.25) is 0 Å². The van der Waals surface area contributed by atoms with Crippen molar-refractivity contribution in [1.29, 1.82) is 0 Å². The molecule has 0 atom stereocenters. The monoisotopic (exact) mass is 694 g/mol. The molecule has 3 heterocycles. The van der Waals surface area contributed by atoms with Crippen molar-refractivity contribution in [2.75, 3.05) is 0 Å². The summed E-state index contributed by atoms with van der Waals surface area (Å²) in [5.41, 5.74) is -1.12. The normalized spacial score (nSPS) is 28.3. The van der Waals surface area contributed by atoms with Gasteiger partial charge in [0.1, 0.15) is 0 Å². The van der Waals surface area contributed by atoms with Gasteiger partial charge >= 0.3 is 23.1 Å². The minimum absolute atomic E-state index is 0. The Labute approximate surface area is 245 Å². The van der Waals surface area contributed by atoms with E-state index in [1.807, 2.05) is 83.1 Å². The fourth-order valence-corrected chi connectivity index (χ4v) is 2.85. The van der Waals surface area contributed by atoms with E-state index in [1.54, 1.807) is 0 Å². The third kappa shape index (κ3) is 10.8. The second-order valence-electron chi connectivity index (χ2n) is 12.7. The Kier molecular flexibility index (Phi) is 14.2.